The Morgan fingerprint density at radius 2 is 2.00 bits per heavy atom. The van der Waals surface area contributed by atoms with Gasteiger partial charge in [-0.25, -0.2) is 0 Å². The van der Waals surface area contributed by atoms with Crippen LogP contribution in [0.5, 0.6) is 5.75 Å². The van der Waals surface area contributed by atoms with Crippen LogP contribution in [0.15, 0.2) is 36.4 Å². The van der Waals surface area contributed by atoms with Gasteiger partial charge < -0.3 is 9.64 Å². The fourth-order valence-corrected chi connectivity index (χ4v) is 1.40. The summed E-state index contributed by atoms with van der Waals surface area (Å²) in [7, 11) is 1.62. The predicted molar refractivity (Wildman–Crippen MR) is 54.5 cm³/mol. The van der Waals surface area contributed by atoms with Crippen molar-refractivity contribution in [3.05, 3.63) is 36.4 Å². The van der Waals surface area contributed by atoms with Gasteiger partial charge in [0.25, 0.3) is 5.91 Å². The van der Waals surface area contributed by atoms with E-state index in [0.717, 1.165) is 11.4 Å². The van der Waals surface area contributed by atoms with E-state index in [0.29, 0.717) is 12.1 Å². The first-order chi connectivity index (χ1) is 6.72. The molecule has 2 rings (SSSR count). The van der Waals surface area contributed by atoms with Crippen LogP contribution in [0.25, 0.3) is 0 Å². The summed E-state index contributed by atoms with van der Waals surface area (Å²) in [5, 5.41) is 0. The Labute approximate surface area is 82.6 Å². The molecule has 0 aliphatic carbocycles. The number of nitrogens with zero attached hydrogens (tertiary/aromatic N) is 1. The lowest BCUT2D eigenvalue weighted by molar-refractivity contribution is -0.117. The van der Waals surface area contributed by atoms with Gasteiger partial charge in [-0.2, -0.15) is 0 Å². The van der Waals surface area contributed by atoms with Crippen molar-refractivity contribution in [3.8, 4) is 5.75 Å². The molecule has 1 fully saturated rings. The van der Waals surface area contributed by atoms with E-state index in [4.69, 9.17) is 4.74 Å². The predicted octanol–water partition coefficient (Wildman–Crippen LogP) is 1.60. The minimum atomic E-state index is 0.00941. The topological polar surface area (TPSA) is 29.5 Å². The molecule has 0 atom stereocenters. The summed E-state index contributed by atoms with van der Waals surface area (Å²) in [5.74, 6) is 0.802. The van der Waals surface area contributed by atoms with Crippen LogP contribution in [0, 0.1) is 0 Å². The summed E-state index contributed by atoms with van der Waals surface area (Å²) in [5.41, 5.74) is 1.56. The Kier molecular flexibility index (Phi) is 2.00. The highest BCUT2D eigenvalue weighted by atomic mass is 16.5. The standard InChI is InChI=1S/C11H11NO2/c1-8-7-12(11(8)13)9-3-5-10(14-2)6-4-9/h3-6H,1,7H2,2H3. The fraction of sp³-hybridized carbons (Fsp3) is 0.182. The third kappa shape index (κ3) is 1.27. The minimum absolute atomic E-state index is 0.00941. The molecule has 72 valence electrons. The summed E-state index contributed by atoms with van der Waals surface area (Å²) >= 11 is 0. The molecular formula is C11H11NO2. The first-order valence-electron chi connectivity index (χ1n) is 4.36. The smallest absolute Gasteiger partial charge is 0.255 e. The van der Waals surface area contributed by atoms with Crippen LogP contribution in [0.3, 0.4) is 0 Å². The monoisotopic (exact) mass is 189 g/mol. The van der Waals surface area contributed by atoms with E-state index in [1.807, 2.05) is 24.3 Å². The van der Waals surface area contributed by atoms with Crippen LogP contribution in [0.4, 0.5) is 5.69 Å². The van der Waals surface area contributed by atoms with Crippen molar-refractivity contribution in [3.63, 3.8) is 0 Å². The van der Waals surface area contributed by atoms with E-state index in [1.165, 1.54) is 0 Å². The Hall–Kier alpha value is -1.77. The Bertz CT molecular complexity index is 381. The molecule has 0 spiro atoms. The van der Waals surface area contributed by atoms with E-state index >= 15 is 0 Å². The molecule has 0 unspecified atom stereocenters. The number of rotatable bonds is 2. The number of β-lactam (4-membered cyclic amide) rings is 1. The maximum atomic E-state index is 11.3. The van der Waals surface area contributed by atoms with Crippen molar-refractivity contribution in [2.45, 2.75) is 0 Å². The second-order valence-corrected chi connectivity index (χ2v) is 3.19. The molecule has 3 nitrogen and oxygen atoms in total. The molecular weight excluding hydrogens is 178 g/mol. The van der Waals surface area contributed by atoms with Crippen molar-refractivity contribution in [1.82, 2.24) is 0 Å². The molecule has 1 saturated heterocycles. The number of hydrogen-bond donors (Lipinski definition) is 0. The van der Waals surface area contributed by atoms with Gasteiger partial charge in [-0.15, -0.1) is 0 Å². The number of methoxy groups -OCH3 is 1. The summed E-state index contributed by atoms with van der Waals surface area (Å²) < 4.78 is 5.03. The first kappa shape index (κ1) is 8.81. The molecule has 0 bridgehead atoms. The zero-order valence-electron chi connectivity index (χ0n) is 7.99. The van der Waals surface area contributed by atoms with Gasteiger partial charge in [-0.05, 0) is 24.3 Å². The molecule has 3 heteroatoms. The van der Waals surface area contributed by atoms with Gasteiger partial charge in [0.15, 0.2) is 0 Å². The highest BCUT2D eigenvalue weighted by Gasteiger charge is 2.29. The van der Waals surface area contributed by atoms with Gasteiger partial charge in [0.1, 0.15) is 5.75 Å². The van der Waals surface area contributed by atoms with E-state index in [2.05, 4.69) is 6.58 Å². The molecule has 14 heavy (non-hydrogen) atoms. The number of anilines is 1. The number of carbonyl (C=O) groups is 1. The van der Waals surface area contributed by atoms with Gasteiger partial charge in [0.05, 0.1) is 13.7 Å². The molecule has 0 N–H and O–H groups in total. The van der Waals surface area contributed by atoms with Gasteiger partial charge >= 0.3 is 0 Å². The van der Waals surface area contributed by atoms with Gasteiger partial charge in [-0.3, -0.25) is 4.79 Å². The zero-order valence-corrected chi connectivity index (χ0v) is 7.99. The van der Waals surface area contributed by atoms with Crippen molar-refractivity contribution < 1.29 is 9.53 Å². The zero-order chi connectivity index (χ0) is 10.1. The fourth-order valence-electron chi connectivity index (χ4n) is 1.40. The average Bonchev–Trinajstić information content (AvgIpc) is 2.25. The number of amides is 1. The third-order valence-electron chi connectivity index (χ3n) is 2.28. The van der Waals surface area contributed by atoms with Crippen molar-refractivity contribution >= 4 is 11.6 Å². The lowest BCUT2D eigenvalue weighted by Crippen LogP contribution is -2.45. The van der Waals surface area contributed by atoms with Crippen LogP contribution in [-0.2, 0) is 4.79 Å². The summed E-state index contributed by atoms with van der Waals surface area (Å²) in [6.07, 6.45) is 0. The Balaban J connectivity index is 2.18. The molecule has 0 saturated carbocycles. The maximum Gasteiger partial charge on any atom is 0.255 e. The third-order valence-corrected chi connectivity index (χ3v) is 2.28. The lowest BCUT2D eigenvalue weighted by atomic mass is 10.1. The SMILES string of the molecule is C=C1CN(c2ccc(OC)cc2)C1=O. The highest BCUT2D eigenvalue weighted by Crippen LogP contribution is 2.26. The number of carbonyl (C=O) groups excluding carboxylic acids is 1. The molecule has 1 aliphatic rings. The summed E-state index contributed by atoms with van der Waals surface area (Å²) in [4.78, 5) is 13.0. The van der Waals surface area contributed by atoms with Crippen LogP contribution < -0.4 is 9.64 Å². The van der Waals surface area contributed by atoms with Crippen molar-refractivity contribution in [2.75, 3.05) is 18.6 Å². The number of hydrogen-bond acceptors (Lipinski definition) is 2. The van der Waals surface area contributed by atoms with E-state index < -0.39 is 0 Å². The Morgan fingerprint density at radius 3 is 2.43 bits per heavy atom. The van der Waals surface area contributed by atoms with Crippen molar-refractivity contribution in [1.29, 1.82) is 0 Å². The van der Waals surface area contributed by atoms with E-state index in [-0.39, 0.29) is 5.91 Å². The summed E-state index contributed by atoms with van der Waals surface area (Å²) in [6, 6.07) is 7.40. The molecule has 0 radical (unpaired) electrons. The number of ether oxygens (including phenoxy) is 1. The van der Waals surface area contributed by atoms with Gasteiger partial charge in [-0.1, -0.05) is 6.58 Å². The van der Waals surface area contributed by atoms with Crippen LogP contribution in [0.2, 0.25) is 0 Å². The van der Waals surface area contributed by atoms with Crippen molar-refractivity contribution in [2.24, 2.45) is 0 Å². The molecule has 1 heterocycles. The average molecular weight is 189 g/mol. The largest absolute Gasteiger partial charge is 0.497 e. The normalized spacial score (nSPS) is 15.4. The molecule has 1 aliphatic heterocycles. The highest BCUT2D eigenvalue weighted by molar-refractivity contribution is 6.13. The quantitative estimate of drug-likeness (QED) is 0.522. The summed E-state index contributed by atoms with van der Waals surface area (Å²) in [6.45, 7) is 4.27. The van der Waals surface area contributed by atoms with Crippen LogP contribution in [-0.4, -0.2) is 19.6 Å². The van der Waals surface area contributed by atoms with Crippen LogP contribution >= 0.6 is 0 Å². The molecule has 1 aromatic carbocycles. The second kappa shape index (κ2) is 3.18. The minimum Gasteiger partial charge on any atom is -0.497 e. The lowest BCUT2D eigenvalue weighted by Gasteiger charge is -2.32. The van der Waals surface area contributed by atoms with E-state index in [9.17, 15) is 4.79 Å². The maximum absolute atomic E-state index is 11.3. The second-order valence-electron chi connectivity index (χ2n) is 3.19. The molecule has 1 aromatic rings. The number of benzene rings is 1. The Morgan fingerprint density at radius 1 is 1.36 bits per heavy atom. The van der Waals surface area contributed by atoms with Crippen LogP contribution in [0.1, 0.15) is 0 Å². The molecule has 0 aromatic heterocycles. The first-order valence-corrected chi connectivity index (χ1v) is 4.36. The van der Waals surface area contributed by atoms with Gasteiger partial charge in [0, 0.05) is 11.3 Å². The van der Waals surface area contributed by atoms with E-state index in [1.54, 1.807) is 12.0 Å². The molecule has 1 amide bonds. The van der Waals surface area contributed by atoms with Gasteiger partial charge in [0.2, 0.25) is 0 Å².